The molecule has 22 heavy (non-hydrogen) atoms. The van der Waals surface area contributed by atoms with Crippen LogP contribution in [0.4, 0.5) is 5.82 Å². The zero-order valence-corrected chi connectivity index (χ0v) is 12.8. The van der Waals surface area contributed by atoms with Gasteiger partial charge in [-0.2, -0.15) is 0 Å². The molecule has 0 radical (unpaired) electrons. The molecular formula is C17H21N3O2. The number of ether oxygens (including phenoxy) is 1. The van der Waals surface area contributed by atoms with Crippen LogP contribution in [-0.2, 0) is 28.8 Å². The second-order valence-corrected chi connectivity index (χ2v) is 5.69. The van der Waals surface area contributed by atoms with Gasteiger partial charge in [0.2, 0.25) is 0 Å². The lowest BCUT2D eigenvalue weighted by Crippen LogP contribution is -2.19. The van der Waals surface area contributed by atoms with Crippen molar-refractivity contribution in [2.75, 3.05) is 12.4 Å². The van der Waals surface area contributed by atoms with Gasteiger partial charge in [0.15, 0.2) is 0 Å². The summed E-state index contributed by atoms with van der Waals surface area (Å²) in [6, 6.07) is 9.00. The average Bonchev–Trinajstić information content (AvgIpc) is 3.13. The largest absolute Gasteiger partial charge is 0.469 e. The lowest BCUT2D eigenvalue weighted by atomic mass is 10.1. The van der Waals surface area contributed by atoms with Crippen molar-refractivity contribution in [1.29, 1.82) is 0 Å². The number of imidazole rings is 1. The predicted octanol–water partition coefficient (Wildman–Crippen LogP) is 2.48. The van der Waals surface area contributed by atoms with Gasteiger partial charge in [0.05, 0.1) is 13.3 Å². The van der Waals surface area contributed by atoms with E-state index in [-0.39, 0.29) is 5.97 Å². The second kappa shape index (κ2) is 6.64. The van der Waals surface area contributed by atoms with Crippen molar-refractivity contribution < 1.29 is 9.53 Å². The Morgan fingerprint density at radius 2 is 2.09 bits per heavy atom. The third kappa shape index (κ3) is 3.47. The number of fused-ring (bicyclic) bond motifs is 1. The monoisotopic (exact) mass is 299 g/mol. The minimum atomic E-state index is -0.173. The summed E-state index contributed by atoms with van der Waals surface area (Å²) >= 11 is 0. The number of anilines is 1. The fraction of sp³-hybridized carbons (Fsp3) is 0.412. The molecule has 0 atom stereocenters. The van der Waals surface area contributed by atoms with Gasteiger partial charge in [-0.25, -0.2) is 4.98 Å². The fourth-order valence-corrected chi connectivity index (χ4v) is 2.95. The summed E-state index contributed by atoms with van der Waals surface area (Å²) in [5, 5.41) is 3.51. The Bertz CT molecular complexity index is 626. The highest BCUT2D eigenvalue weighted by Gasteiger charge is 2.21. The first kappa shape index (κ1) is 14.6. The first-order chi connectivity index (χ1) is 10.7. The number of benzene rings is 1. The molecule has 0 bridgehead atoms. The van der Waals surface area contributed by atoms with Crippen LogP contribution in [0, 0.1) is 0 Å². The van der Waals surface area contributed by atoms with Gasteiger partial charge in [-0.15, -0.1) is 0 Å². The smallest absolute Gasteiger partial charge is 0.305 e. The van der Waals surface area contributed by atoms with Crippen LogP contribution in [0.5, 0.6) is 0 Å². The number of hydrogen-bond acceptors (Lipinski definition) is 4. The summed E-state index contributed by atoms with van der Waals surface area (Å²) < 4.78 is 4.63. The number of nitrogens with zero attached hydrogens (tertiary/aromatic N) is 1. The molecule has 5 heteroatoms. The number of esters is 1. The molecule has 0 saturated heterocycles. The molecule has 3 rings (SSSR count). The summed E-state index contributed by atoms with van der Waals surface area (Å²) in [5.41, 5.74) is 2.86. The summed E-state index contributed by atoms with van der Waals surface area (Å²) in [4.78, 5) is 18.7. The van der Waals surface area contributed by atoms with Crippen molar-refractivity contribution in [1.82, 2.24) is 9.97 Å². The molecule has 2 N–H and O–H groups in total. The van der Waals surface area contributed by atoms with E-state index < -0.39 is 0 Å². The van der Waals surface area contributed by atoms with Crippen LogP contribution in [0.25, 0.3) is 0 Å². The van der Waals surface area contributed by atoms with E-state index in [0.29, 0.717) is 12.5 Å². The van der Waals surface area contributed by atoms with E-state index in [2.05, 4.69) is 44.3 Å². The number of methoxy groups -OCH3 is 1. The quantitative estimate of drug-likeness (QED) is 0.804. The molecule has 0 amide bonds. The predicted molar refractivity (Wildman–Crippen MR) is 84.8 cm³/mol. The number of nitrogens with one attached hydrogen (secondary N) is 2. The van der Waals surface area contributed by atoms with Gasteiger partial charge < -0.3 is 15.0 Å². The summed E-state index contributed by atoms with van der Waals surface area (Å²) in [6.45, 7) is 0. The second-order valence-electron chi connectivity index (χ2n) is 5.69. The van der Waals surface area contributed by atoms with Crippen molar-refractivity contribution in [3.8, 4) is 0 Å². The highest BCUT2D eigenvalue weighted by atomic mass is 16.5. The van der Waals surface area contributed by atoms with Crippen LogP contribution < -0.4 is 5.32 Å². The molecule has 2 aromatic rings. The number of carbonyl (C=O) groups is 1. The Hall–Kier alpha value is -2.30. The number of rotatable bonds is 6. The standard InChI is InChI=1S/C17H21N3O2/c1-22-17(21)8-4-7-15-18-11-16(20-15)19-14-9-12-5-2-3-6-13(12)10-14/h2-3,5-6,11,14,19H,4,7-10H2,1H3,(H,18,20). The minimum absolute atomic E-state index is 0.173. The number of aryl methyl sites for hydroxylation is 1. The number of hydrogen-bond donors (Lipinski definition) is 2. The van der Waals surface area contributed by atoms with E-state index in [0.717, 1.165) is 37.3 Å². The third-order valence-electron chi connectivity index (χ3n) is 4.06. The average molecular weight is 299 g/mol. The Morgan fingerprint density at radius 3 is 2.77 bits per heavy atom. The van der Waals surface area contributed by atoms with Crippen LogP contribution >= 0.6 is 0 Å². The summed E-state index contributed by atoms with van der Waals surface area (Å²) in [7, 11) is 1.41. The van der Waals surface area contributed by atoms with E-state index in [4.69, 9.17) is 0 Å². The first-order valence-corrected chi connectivity index (χ1v) is 7.68. The molecule has 5 nitrogen and oxygen atoms in total. The van der Waals surface area contributed by atoms with Gasteiger partial charge in [-0.3, -0.25) is 4.79 Å². The number of carbonyl (C=O) groups excluding carboxylic acids is 1. The topological polar surface area (TPSA) is 67.0 Å². The van der Waals surface area contributed by atoms with Gasteiger partial charge in [0.1, 0.15) is 11.6 Å². The number of aromatic nitrogens is 2. The fourth-order valence-electron chi connectivity index (χ4n) is 2.95. The SMILES string of the molecule is COC(=O)CCCc1ncc(NC2Cc3ccccc3C2)[nH]1. The Kier molecular flexibility index (Phi) is 4.42. The maximum atomic E-state index is 11.1. The number of aromatic amines is 1. The number of H-pyrrole nitrogens is 1. The normalized spacial score (nSPS) is 13.9. The molecule has 0 unspecified atom stereocenters. The molecule has 0 saturated carbocycles. The van der Waals surface area contributed by atoms with Gasteiger partial charge >= 0.3 is 5.97 Å². The first-order valence-electron chi connectivity index (χ1n) is 7.68. The van der Waals surface area contributed by atoms with E-state index in [1.54, 1.807) is 0 Å². The molecule has 1 aromatic carbocycles. The summed E-state index contributed by atoms with van der Waals surface area (Å²) in [5.74, 6) is 1.68. The molecule has 0 fully saturated rings. The molecule has 1 aliphatic rings. The molecule has 0 spiro atoms. The van der Waals surface area contributed by atoms with Crippen molar-refractivity contribution in [2.45, 2.75) is 38.1 Å². The van der Waals surface area contributed by atoms with Gasteiger partial charge in [-0.1, -0.05) is 24.3 Å². The van der Waals surface area contributed by atoms with Gasteiger partial charge in [-0.05, 0) is 30.4 Å². The highest BCUT2D eigenvalue weighted by Crippen LogP contribution is 2.24. The van der Waals surface area contributed by atoms with E-state index in [9.17, 15) is 4.79 Å². The lowest BCUT2D eigenvalue weighted by Gasteiger charge is -2.10. The molecule has 116 valence electrons. The van der Waals surface area contributed by atoms with Crippen molar-refractivity contribution in [3.05, 3.63) is 47.4 Å². The Labute approximate surface area is 130 Å². The maximum absolute atomic E-state index is 11.1. The van der Waals surface area contributed by atoms with Crippen LogP contribution in [0.3, 0.4) is 0 Å². The van der Waals surface area contributed by atoms with Gasteiger partial charge in [0.25, 0.3) is 0 Å². The van der Waals surface area contributed by atoms with Crippen molar-refractivity contribution >= 4 is 11.8 Å². The van der Waals surface area contributed by atoms with Crippen LogP contribution in [0.1, 0.15) is 29.8 Å². The van der Waals surface area contributed by atoms with E-state index in [1.807, 2.05) is 6.20 Å². The van der Waals surface area contributed by atoms with Crippen LogP contribution in [-0.4, -0.2) is 29.1 Å². The molecule has 1 heterocycles. The molecule has 1 aliphatic carbocycles. The van der Waals surface area contributed by atoms with Crippen molar-refractivity contribution in [3.63, 3.8) is 0 Å². The lowest BCUT2D eigenvalue weighted by molar-refractivity contribution is -0.140. The zero-order chi connectivity index (χ0) is 15.4. The van der Waals surface area contributed by atoms with E-state index >= 15 is 0 Å². The van der Waals surface area contributed by atoms with Crippen LogP contribution in [0.15, 0.2) is 30.5 Å². The Balaban J connectivity index is 1.49. The Morgan fingerprint density at radius 1 is 1.36 bits per heavy atom. The molecular weight excluding hydrogens is 278 g/mol. The zero-order valence-electron chi connectivity index (χ0n) is 12.8. The van der Waals surface area contributed by atoms with Crippen molar-refractivity contribution in [2.24, 2.45) is 0 Å². The minimum Gasteiger partial charge on any atom is -0.469 e. The maximum Gasteiger partial charge on any atom is 0.305 e. The summed E-state index contributed by atoms with van der Waals surface area (Å²) in [6.07, 6.45) is 5.85. The van der Waals surface area contributed by atoms with Gasteiger partial charge in [0, 0.05) is 18.9 Å². The molecule has 0 aliphatic heterocycles. The van der Waals surface area contributed by atoms with Crippen LogP contribution in [0.2, 0.25) is 0 Å². The third-order valence-corrected chi connectivity index (χ3v) is 4.06. The molecule has 1 aromatic heterocycles. The van der Waals surface area contributed by atoms with E-state index in [1.165, 1.54) is 18.2 Å². The highest BCUT2D eigenvalue weighted by molar-refractivity contribution is 5.69.